The Hall–Kier alpha value is -3.39. The van der Waals surface area contributed by atoms with Crippen LogP contribution in [0, 0.1) is 5.92 Å². The van der Waals surface area contributed by atoms with Gasteiger partial charge in [-0.3, -0.25) is 14.4 Å². The topological polar surface area (TPSA) is 91.4 Å². The summed E-state index contributed by atoms with van der Waals surface area (Å²) in [6.07, 6.45) is -0.834. The number of hydrogen-bond acceptors (Lipinski definition) is 7. The fraction of sp³-hybridized carbons (Fsp3) is 0.464. The molecule has 0 unspecified atom stereocenters. The zero-order chi connectivity index (χ0) is 26.1. The minimum atomic E-state index is -1.74. The van der Waals surface area contributed by atoms with Crippen molar-refractivity contribution in [3.8, 4) is 5.75 Å². The molecule has 0 aliphatic carbocycles. The Morgan fingerprint density at radius 2 is 1.75 bits per heavy atom. The van der Waals surface area contributed by atoms with Crippen LogP contribution in [0.2, 0.25) is 0 Å². The van der Waals surface area contributed by atoms with Gasteiger partial charge in [0.2, 0.25) is 5.91 Å². The van der Waals surface area contributed by atoms with E-state index in [1.165, 1.54) is 0 Å². The zero-order valence-corrected chi connectivity index (χ0v) is 21.4. The van der Waals surface area contributed by atoms with Crippen molar-refractivity contribution in [2.45, 2.75) is 57.4 Å². The number of ether oxygens (including phenoxy) is 4. The summed E-state index contributed by atoms with van der Waals surface area (Å²) < 4.78 is 22.5. The van der Waals surface area contributed by atoms with Gasteiger partial charge in [0.15, 0.2) is 11.6 Å². The zero-order valence-electron chi connectivity index (χ0n) is 21.4. The number of esters is 2. The molecular weight excluding hydrogens is 462 g/mol. The lowest BCUT2D eigenvalue weighted by Gasteiger charge is -2.33. The van der Waals surface area contributed by atoms with Crippen molar-refractivity contribution in [1.82, 2.24) is 4.90 Å². The maximum atomic E-state index is 14.4. The Labute approximate surface area is 211 Å². The number of rotatable bonds is 7. The molecule has 8 heteroatoms. The summed E-state index contributed by atoms with van der Waals surface area (Å²) in [6.45, 7) is 7.30. The van der Waals surface area contributed by atoms with Crippen LogP contribution >= 0.6 is 0 Å². The van der Waals surface area contributed by atoms with E-state index in [9.17, 15) is 14.4 Å². The van der Waals surface area contributed by atoms with E-state index in [2.05, 4.69) is 0 Å². The molecule has 1 amide bonds. The van der Waals surface area contributed by atoms with Crippen LogP contribution in [0.15, 0.2) is 54.6 Å². The van der Waals surface area contributed by atoms with Gasteiger partial charge in [0.05, 0.1) is 32.8 Å². The second-order valence-electron chi connectivity index (χ2n) is 10.0. The SMILES string of the molecule is CCOC(=O)[C@]1(c2ccc(OC)cc2)C(=O)N2[C@@H](c3ccccc3)OC[C@@H]2[C@H]1CC(=O)OC(C)(C)C. The third-order valence-electron chi connectivity index (χ3n) is 6.66. The molecule has 2 saturated heterocycles. The van der Waals surface area contributed by atoms with Crippen molar-refractivity contribution in [2.75, 3.05) is 20.3 Å². The molecule has 2 aromatic rings. The molecule has 2 aliphatic rings. The lowest BCUT2D eigenvalue weighted by Crippen LogP contribution is -2.50. The number of carbonyl (C=O) groups is 3. The van der Waals surface area contributed by atoms with Crippen LogP contribution in [-0.4, -0.2) is 54.7 Å². The highest BCUT2D eigenvalue weighted by molar-refractivity contribution is 6.11. The number of benzene rings is 2. The average Bonchev–Trinajstić information content (AvgIpc) is 3.37. The third-order valence-corrected chi connectivity index (χ3v) is 6.66. The molecule has 2 aliphatic heterocycles. The van der Waals surface area contributed by atoms with Crippen molar-refractivity contribution < 1.29 is 33.3 Å². The Balaban J connectivity index is 1.86. The molecule has 2 heterocycles. The van der Waals surface area contributed by atoms with Crippen molar-refractivity contribution in [1.29, 1.82) is 0 Å². The highest BCUT2D eigenvalue weighted by Gasteiger charge is 2.69. The average molecular weight is 496 g/mol. The number of methoxy groups -OCH3 is 1. The van der Waals surface area contributed by atoms with Gasteiger partial charge in [-0.05, 0) is 45.4 Å². The van der Waals surface area contributed by atoms with E-state index < -0.39 is 47.0 Å². The van der Waals surface area contributed by atoms with E-state index in [-0.39, 0.29) is 19.6 Å². The van der Waals surface area contributed by atoms with E-state index in [0.29, 0.717) is 11.3 Å². The molecule has 36 heavy (non-hydrogen) atoms. The largest absolute Gasteiger partial charge is 0.497 e. The first-order valence-corrected chi connectivity index (χ1v) is 12.2. The maximum absolute atomic E-state index is 14.4. The van der Waals surface area contributed by atoms with Crippen molar-refractivity contribution in [3.05, 3.63) is 65.7 Å². The summed E-state index contributed by atoms with van der Waals surface area (Å²) in [7, 11) is 1.54. The molecule has 8 nitrogen and oxygen atoms in total. The molecule has 0 saturated carbocycles. The second-order valence-corrected chi connectivity index (χ2v) is 10.0. The molecule has 0 bridgehead atoms. The number of carbonyl (C=O) groups excluding carboxylic acids is 3. The summed E-state index contributed by atoms with van der Waals surface area (Å²) in [5.41, 5.74) is -1.22. The predicted octanol–water partition coefficient (Wildman–Crippen LogP) is 3.78. The van der Waals surface area contributed by atoms with Gasteiger partial charge >= 0.3 is 11.9 Å². The first-order chi connectivity index (χ1) is 17.1. The van der Waals surface area contributed by atoms with Gasteiger partial charge in [-0.15, -0.1) is 0 Å². The predicted molar refractivity (Wildman–Crippen MR) is 131 cm³/mol. The quantitative estimate of drug-likeness (QED) is 0.426. The molecule has 0 spiro atoms. The first-order valence-electron chi connectivity index (χ1n) is 12.2. The van der Waals surface area contributed by atoms with Crippen LogP contribution < -0.4 is 4.74 Å². The van der Waals surface area contributed by atoms with Crippen molar-refractivity contribution >= 4 is 17.8 Å². The molecule has 2 aromatic carbocycles. The van der Waals surface area contributed by atoms with Crippen molar-refractivity contribution in [2.24, 2.45) is 5.92 Å². The summed E-state index contributed by atoms with van der Waals surface area (Å²) >= 11 is 0. The number of hydrogen-bond donors (Lipinski definition) is 0. The number of amides is 1. The molecule has 0 radical (unpaired) electrons. The van der Waals surface area contributed by atoms with Crippen molar-refractivity contribution in [3.63, 3.8) is 0 Å². The monoisotopic (exact) mass is 495 g/mol. The smallest absolute Gasteiger partial charge is 0.326 e. The minimum absolute atomic E-state index is 0.0897. The lowest BCUT2D eigenvalue weighted by molar-refractivity contribution is -0.161. The number of nitrogens with zero attached hydrogens (tertiary/aromatic N) is 1. The van der Waals surface area contributed by atoms with Gasteiger partial charge in [0.25, 0.3) is 0 Å². The molecule has 4 atom stereocenters. The standard InChI is InChI=1S/C28H33NO7/c1-6-34-26(32)28(19-12-14-20(33-5)15-13-19)21(16-23(30)36-27(2,3)4)22-17-35-24(29(22)25(28)31)18-10-8-7-9-11-18/h7-15,21-22,24H,6,16-17H2,1-5H3/t21-,22-,24-,28+/m1/s1. The summed E-state index contributed by atoms with van der Waals surface area (Å²) in [6, 6.07) is 15.6. The van der Waals surface area contributed by atoms with Crippen LogP contribution in [0.3, 0.4) is 0 Å². The summed E-state index contributed by atoms with van der Waals surface area (Å²) in [5.74, 6) is -1.81. The normalized spacial score (nSPS) is 25.4. The highest BCUT2D eigenvalue weighted by Crippen LogP contribution is 2.53. The Morgan fingerprint density at radius 1 is 1.08 bits per heavy atom. The van der Waals surface area contributed by atoms with Crippen LogP contribution in [0.4, 0.5) is 0 Å². The number of fused-ring (bicyclic) bond motifs is 1. The van der Waals surface area contributed by atoms with Crippen LogP contribution in [0.5, 0.6) is 5.75 Å². The fourth-order valence-corrected chi connectivity index (χ4v) is 5.26. The van der Waals surface area contributed by atoms with Gasteiger partial charge in [-0.2, -0.15) is 0 Å². The van der Waals surface area contributed by atoms with Gasteiger partial charge in [-0.25, -0.2) is 0 Å². The Kier molecular flexibility index (Phi) is 7.09. The molecule has 0 aromatic heterocycles. The fourth-order valence-electron chi connectivity index (χ4n) is 5.26. The highest BCUT2D eigenvalue weighted by atomic mass is 16.6. The second kappa shape index (κ2) is 9.93. The summed E-state index contributed by atoms with van der Waals surface area (Å²) in [4.78, 5) is 42.9. The van der Waals surface area contributed by atoms with Crippen LogP contribution in [-0.2, 0) is 34.0 Å². The van der Waals surface area contributed by atoms with E-state index in [0.717, 1.165) is 5.56 Å². The Morgan fingerprint density at radius 3 is 2.33 bits per heavy atom. The van der Waals surface area contributed by atoms with Gasteiger partial charge in [0, 0.05) is 11.5 Å². The van der Waals surface area contributed by atoms with Gasteiger partial charge in [0.1, 0.15) is 11.4 Å². The van der Waals surface area contributed by atoms with Gasteiger partial charge < -0.3 is 23.8 Å². The first kappa shape index (κ1) is 25.7. The molecule has 0 N–H and O–H groups in total. The van der Waals surface area contributed by atoms with E-state index in [4.69, 9.17) is 18.9 Å². The summed E-state index contributed by atoms with van der Waals surface area (Å²) in [5, 5.41) is 0. The minimum Gasteiger partial charge on any atom is -0.497 e. The van der Waals surface area contributed by atoms with E-state index >= 15 is 0 Å². The Bertz CT molecular complexity index is 1110. The third kappa shape index (κ3) is 4.46. The molecule has 192 valence electrons. The van der Waals surface area contributed by atoms with Crippen LogP contribution in [0.25, 0.3) is 0 Å². The molecular formula is C28H33NO7. The maximum Gasteiger partial charge on any atom is 0.326 e. The van der Waals surface area contributed by atoms with Crippen LogP contribution in [0.1, 0.15) is 51.5 Å². The molecule has 4 rings (SSSR count). The lowest BCUT2D eigenvalue weighted by atomic mass is 9.68. The molecule has 2 fully saturated rings. The van der Waals surface area contributed by atoms with E-state index in [1.807, 2.05) is 30.3 Å². The van der Waals surface area contributed by atoms with Gasteiger partial charge in [-0.1, -0.05) is 42.5 Å². The van der Waals surface area contributed by atoms with E-state index in [1.54, 1.807) is 64.0 Å².